The van der Waals surface area contributed by atoms with Crippen molar-refractivity contribution in [2.75, 3.05) is 66.0 Å². The summed E-state index contributed by atoms with van der Waals surface area (Å²) in [5.41, 5.74) is 1.10. The molecule has 308 valence electrons. The molecule has 0 radical (unpaired) electrons. The van der Waals surface area contributed by atoms with Crippen LogP contribution < -0.4 is 9.64 Å². The first kappa shape index (κ1) is 38.8. The molecule has 2 aromatic carbocycles. The Labute approximate surface area is 340 Å². The summed E-state index contributed by atoms with van der Waals surface area (Å²) >= 11 is 0. The molecule has 2 bridgehead atoms. The summed E-state index contributed by atoms with van der Waals surface area (Å²) in [6.07, 6.45) is 8.43. The highest BCUT2D eigenvalue weighted by Gasteiger charge is 2.80. The van der Waals surface area contributed by atoms with Crippen LogP contribution in [0.2, 0.25) is 0 Å². The lowest BCUT2D eigenvalue weighted by atomic mass is 9.47. The SMILES string of the molecule is CCC1=C[C@@H]2CN(CCc3c([nH]c4ccccc34)[C@@](C(=O)OC)(c3cc4c(cc3OC)N(C)[C@H]3[C@@](O)(C(=O)OC)[C@@H](OC(C)=O)[C@]5(CC)C=CCN6CC[C@]43[C@@H]65)C2)C1. The van der Waals surface area contributed by atoms with Gasteiger partial charge in [-0.1, -0.05) is 55.8 Å². The Bertz CT molecular complexity index is 2270. The number of rotatable bonds is 7. The molecular formula is C46H56N4O8. The smallest absolute Gasteiger partial charge is 0.344 e. The lowest BCUT2D eigenvalue weighted by Crippen LogP contribution is -2.81. The summed E-state index contributed by atoms with van der Waals surface area (Å²) in [5.74, 6) is -1.31. The molecule has 5 aliphatic heterocycles. The Morgan fingerprint density at radius 3 is 2.48 bits per heavy atom. The number of aromatic nitrogens is 1. The molecule has 6 aliphatic rings. The van der Waals surface area contributed by atoms with E-state index in [1.54, 1.807) is 7.11 Å². The standard InChI is InChI=1S/C46H56N4O8/c1-8-28-21-29-24-45(41(52)56-6,37-31(15-19-49(25-28)26-29)30-13-10-11-14-34(30)47-37)33-22-32-35(23-36(33)55-5)48(4)39-44(32)17-20-50-18-12-16-43(9-2,38(44)50)40(58-27(3)51)46(39,54)42(53)57-7/h10-14,16,21-23,29,38-40,47,54H,8-9,15,17-20,24-26H2,1-7H3/t29-,38-,39+,40-,43+,44+,45-,46-/m0/s1. The molecule has 1 saturated heterocycles. The topological polar surface area (TPSA) is 134 Å². The molecule has 3 aromatic rings. The van der Waals surface area contributed by atoms with Crippen molar-refractivity contribution in [1.82, 2.24) is 14.8 Å². The Kier molecular flexibility index (Phi) is 9.18. The number of likely N-dealkylation sites (N-methyl/N-ethyl adjacent to an activating group) is 1. The van der Waals surface area contributed by atoms with Crippen LogP contribution in [0.1, 0.15) is 68.8 Å². The molecular weight excluding hydrogens is 737 g/mol. The van der Waals surface area contributed by atoms with Gasteiger partial charge in [-0.15, -0.1) is 0 Å². The number of anilines is 1. The van der Waals surface area contributed by atoms with E-state index in [1.165, 1.54) is 26.7 Å². The molecule has 2 N–H and O–H groups in total. The van der Waals surface area contributed by atoms with Gasteiger partial charge in [0, 0.05) is 90.9 Å². The molecule has 9 atom stereocenters. The zero-order valence-electron chi connectivity index (χ0n) is 34.7. The summed E-state index contributed by atoms with van der Waals surface area (Å²) in [6.45, 7) is 9.44. The van der Waals surface area contributed by atoms with E-state index in [4.69, 9.17) is 18.9 Å². The summed E-state index contributed by atoms with van der Waals surface area (Å²) in [4.78, 5) is 53.4. The largest absolute Gasteiger partial charge is 0.496 e. The lowest BCUT2D eigenvalue weighted by molar-refractivity contribution is -0.228. The maximum absolute atomic E-state index is 15.3. The van der Waals surface area contributed by atoms with Crippen molar-refractivity contribution in [2.24, 2.45) is 11.3 Å². The fourth-order valence-electron chi connectivity index (χ4n) is 13.0. The van der Waals surface area contributed by atoms with Crippen LogP contribution in [0.25, 0.3) is 10.9 Å². The number of para-hydroxylation sites is 1. The Morgan fingerprint density at radius 1 is 1.00 bits per heavy atom. The molecule has 1 unspecified atom stereocenters. The number of methoxy groups -OCH3 is 3. The van der Waals surface area contributed by atoms with Gasteiger partial charge in [0.15, 0.2) is 6.10 Å². The Hall–Kier alpha value is -4.65. The third-order valence-electron chi connectivity index (χ3n) is 15.1. The van der Waals surface area contributed by atoms with Crippen LogP contribution in [0.3, 0.4) is 0 Å². The van der Waals surface area contributed by atoms with Crippen LogP contribution in [0.4, 0.5) is 5.69 Å². The Morgan fingerprint density at radius 2 is 1.78 bits per heavy atom. The number of nitrogens with zero attached hydrogens (tertiary/aromatic N) is 3. The number of nitrogens with one attached hydrogen (secondary N) is 1. The maximum atomic E-state index is 15.3. The summed E-state index contributed by atoms with van der Waals surface area (Å²) in [6, 6.07) is 11.2. The second-order valence-electron chi connectivity index (χ2n) is 17.5. The van der Waals surface area contributed by atoms with Gasteiger partial charge in [0.2, 0.25) is 5.60 Å². The molecule has 1 spiro atoms. The van der Waals surface area contributed by atoms with Gasteiger partial charge in [0.1, 0.15) is 11.2 Å². The quantitative estimate of drug-likeness (QED) is 0.194. The second kappa shape index (κ2) is 13.7. The van der Waals surface area contributed by atoms with E-state index in [1.807, 2.05) is 37.1 Å². The predicted molar refractivity (Wildman–Crippen MR) is 219 cm³/mol. The number of H-pyrrole nitrogens is 1. The van der Waals surface area contributed by atoms with Crippen molar-refractivity contribution in [3.05, 3.63) is 82.6 Å². The summed E-state index contributed by atoms with van der Waals surface area (Å²) < 4.78 is 24.0. The van der Waals surface area contributed by atoms with E-state index in [9.17, 15) is 14.7 Å². The van der Waals surface area contributed by atoms with E-state index < -0.39 is 45.9 Å². The first-order valence-corrected chi connectivity index (χ1v) is 20.8. The molecule has 1 aliphatic carbocycles. The van der Waals surface area contributed by atoms with Crippen LogP contribution in [0.5, 0.6) is 5.75 Å². The van der Waals surface area contributed by atoms with Gasteiger partial charge in [-0.25, -0.2) is 4.79 Å². The molecule has 12 heteroatoms. The van der Waals surface area contributed by atoms with Gasteiger partial charge in [-0.2, -0.15) is 0 Å². The van der Waals surface area contributed by atoms with Crippen LogP contribution in [0, 0.1) is 11.3 Å². The molecule has 12 nitrogen and oxygen atoms in total. The Balaban J connectivity index is 1.37. The van der Waals surface area contributed by atoms with E-state index >= 15 is 4.79 Å². The second-order valence-corrected chi connectivity index (χ2v) is 17.5. The average Bonchev–Trinajstić information content (AvgIpc) is 3.89. The van der Waals surface area contributed by atoms with Crippen molar-refractivity contribution in [3.8, 4) is 5.75 Å². The van der Waals surface area contributed by atoms with Crippen LogP contribution >= 0.6 is 0 Å². The van der Waals surface area contributed by atoms with Crippen molar-refractivity contribution in [3.63, 3.8) is 0 Å². The van der Waals surface area contributed by atoms with Gasteiger partial charge >= 0.3 is 17.9 Å². The fraction of sp³-hybridized carbons (Fsp3) is 0.543. The summed E-state index contributed by atoms with van der Waals surface area (Å²) in [5, 5.41) is 14.4. The van der Waals surface area contributed by atoms with E-state index in [0.717, 1.165) is 65.9 Å². The molecule has 0 amide bonds. The average molecular weight is 793 g/mol. The van der Waals surface area contributed by atoms with Crippen molar-refractivity contribution in [1.29, 1.82) is 0 Å². The third-order valence-corrected chi connectivity index (χ3v) is 15.1. The molecule has 58 heavy (non-hydrogen) atoms. The zero-order chi connectivity index (χ0) is 40.9. The number of aliphatic hydroxyl groups is 1. The third kappa shape index (κ3) is 4.94. The van der Waals surface area contributed by atoms with E-state index in [0.29, 0.717) is 43.7 Å². The lowest BCUT2D eigenvalue weighted by Gasteiger charge is -2.63. The number of fused-ring (bicyclic) bond motifs is 6. The van der Waals surface area contributed by atoms with Gasteiger partial charge < -0.3 is 33.9 Å². The number of esters is 3. The molecule has 6 heterocycles. The fourth-order valence-corrected chi connectivity index (χ4v) is 13.0. The van der Waals surface area contributed by atoms with E-state index in [2.05, 4.69) is 58.1 Å². The minimum Gasteiger partial charge on any atom is -0.496 e. The molecule has 2 fully saturated rings. The van der Waals surface area contributed by atoms with Crippen molar-refractivity contribution in [2.45, 2.75) is 87.5 Å². The van der Waals surface area contributed by atoms with Crippen LogP contribution in [-0.4, -0.2) is 123 Å². The first-order valence-electron chi connectivity index (χ1n) is 20.8. The minimum absolute atomic E-state index is 0.0217. The number of hydrogen-bond donors (Lipinski definition) is 2. The van der Waals surface area contributed by atoms with Gasteiger partial charge in [0.25, 0.3) is 0 Å². The highest BCUT2D eigenvalue weighted by molar-refractivity contribution is 5.95. The van der Waals surface area contributed by atoms with Crippen molar-refractivity contribution >= 4 is 34.5 Å². The zero-order valence-corrected chi connectivity index (χ0v) is 34.7. The normalized spacial score (nSPS) is 34.7. The van der Waals surface area contributed by atoms with Gasteiger partial charge in [-0.05, 0) is 67.8 Å². The number of carbonyl (C=O) groups excluding carboxylic acids is 3. The van der Waals surface area contributed by atoms with Crippen LogP contribution in [0.15, 0.2) is 60.2 Å². The maximum Gasteiger partial charge on any atom is 0.344 e. The number of benzene rings is 2. The minimum atomic E-state index is -2.28. The monoisotopic (exact) mass is 792 g/mol. The van der Waals surface area contributed by atoms with Crippen LogP contribution in [-0.2, 0) is 45.8 Å². The first-order chi connectivity index (χ1) is 27.9. The highest BCUT2D eigenvalue weighted by Crippen LogP contribution is 2.68. The highest BCUT2D eigenvalue weighted by atomic mass is 16.6. The van der Waals surface area contributed by atoms with E-state index in [-0.39, 0.29) is 17.9 Å². The molecule has 9 rings (SSSR count). The number of carbonyl (C=O) groups is 3. The predicted octanol–water partition coefficient (Wildman–Crippen LogP) is 4.80. The number of hydrogen-bond acceptors (Lipinski definition) is 11. The van der Waals surface area contributed by atoms with Crippen molar-refractivity contribution < 1.29 is 38.4 Å². The van der Waals surface area contributed by atoms with Gasteiger partial charge in [0.05, 0.1) is 27.4 Å². The number of aromatic amines is 1. The number of ether oxygens (including phenoxy) is 4. The van der Waals surface area contributed by atoms with Gasteiger partial charge in [-0.3, -0.25) is 19.4 Å². The molecule has 1 aromatic heterocycles. The molecule has 1 saturated carbocycles. The summed E-state index contributed by atoms with van der Waals surface area (Å²) in [7, 11) is 6.24.